The van der Waals surface area contributed by atoms with Crippen LogP contribution in [0.1, 0.15) is 41.3 Å². The van der Waals surface area contributed by atoms with Gasteiger partial charge in [0.15, 0.2) is 0 Å². The third-order valence-electron chi connectivity index (χ3n) is 4.14. The summed E-state index contributed by atoms with van der Waals surface area (Å²) in [6.45, 7) is 2.87. The number of halogens is 1. The molecule has 1 aliphatic carbocycles. The van der Waals surface area contributed by atoms with E-state index >= 15 is 0 Å². The molecule has 0 amide bonds. The van der Waals surface area contributed by atoms with Crippen molar-refractivity contribution in [2.45, 2.75) is 38.6 Å². The number of nitrogens with one attached hydrogen (secondary N) is 1. The number of fused-ring (bicyclic) bond motifs is 1. The zero-order valence-corrected chi connectivity index (χ0v) is 11.8. The van der Waals surface area contributed by atoms with Crippen molar-refractivity contribution >= 4 is 0 Å². The highest BCUT2D eigenvalue weighted by Crippen LogP contribution is 2.30. The van der Waals surface area contributed by atoms with Crippen molar-refractivity contribution in [3.8, 4) is 0 Å². The molecular weight excluding hydrogens is 253 g/mol. The molecule has 0 saturated carbocycles. The fourth-order valence-electron chi connectivity index (χ4n) is 3.02. The zero-order valence-electron chi connectivity index (χ0n) is 11.8. The van der Waals surface area contributed by atoms with Gasteiger partial charge in [0.2, 0.25) is 0 Å². The number of hydrogen-bond acceptors (Lipinski definition) is 2. The second kappa shape index (κ2) is 5.80. The van der Waals surface area contributed by atoms with E-state index in [9.17, 15) is 4.39 Å². The van der Waals surface area contributed by atoms with Crippen LogP contribution in [-0.2, 0) is 12.8 Å². The molecule has 0 radical (unpaired) electrons. The highest BCUT2D eigenvalue weighted by Gasteiger charge is 2.21. The molecule has 1 N–H and O–H groups in total. The third-order valence-corrected chi connectivity index (χ3v) is 4.14. The summed E-state index contributed by atoms with van der Waals surface area (Å²) in [7, 11) is 0. The summed E-state index contributed by atoms with van der Waals surface area (Å²) in [4.78, 5) is 0. The lowest BCUT2D eigenvalue weighted by atomic mass is 9.93. The van der Waals surface area contributed by atoms with Gasteiger partial charge in [-0.1, -0.05) is 6.07 Å². The topological polar surface area (TPSA) is 25.2 Å². The Balaban J connectivity index is 1.59. The van der Waals surface area contributed by atoms with Crippen molar-refractivity contribution in [1.29, 1.82) is 0 Å². The van der Waals surface area contributed by atoms with Crippen molar-refractivity contribution in [3.05, 3.63) is 58.8 Å². The van der Waals surface area contributed by atoms with Crippen molar-refractivity contribution in [1.82, 2.24) is 5.32 Å². The SMILES string of the molecule is Cc1cc(F)ccc1CCNC1CCCc2occc21. The molecule has 0 spiro atoms. The number of furan rings is 1. The van der Waals surface area contributed by atoms with E-state index in [1.165, 1.54) is 23.6 Å². The lowest BCUT2D eigenvalue weighted by Gasteiger charge is -2.23. The van der Waals surface area contributed by atoms with E-state index < -0.39 is 0 Å². The van der Waals surface area contributed by atoms with E-state index in [1.807, 2.05) is 13.0 Å². The molecule has 1 unspecified atom stereocenters. The third kappa shape index (κ3) is 2.78. The maximum Gasteiger partial charge on any atom is 0.123 e. The van der Waals surface area contributed by atoms with E-state index in [2.05, 4.69) is 11.4 Å². The van der Waals surface area contributed by atoms with Crippen LogP contribution in [0.25, 0.3) is 0 Å². The molecule has 106 valence electrons. The summed E-state index contributed by atoms with van der Waals surface area (Å²) < 4.78 is 18.6. The van der Waals surface area contributed by atoms with Gasteiger partial charge in [-0.05, 0) is 62.1 Å². The summed E-state index contributed by atoms with van der Waals surface area (Å²) in [5, 5.41) is 3.60. The molecule has 1 atom stereocenters. The van der Waals surface area contributed by atoms with Crippen LogP contribution < -0.4 is 5.32 Å². The molecule has 3 rings (SSSR count). The van der Waals surface area contributed by atoms with Crippen LogP contribution in [0.4, 0.5) is 4.39 Å². The summed E-state index contributed by atoms with van der Waals surface area (Å²) >= 11 is 0. The van der Waals surface area contributed by atoms with E-state index in [4.69, 9.17) is 4.42 Å². The molecular formula is C17H20FNO. The molecule has 20 heavy (non-hydrogen) atoms. The number of rotatable bonds is 4. The van der Waals surface area contributed by atoms with Crippen molar-refractivity contribution in [2.75, 3.05) is 6.54 Å². The van der Waals surface area contributed by atoms with Gasteiger partial charge in [0.05, 0.1) is 6.26 Å². The summed E-state index contributed by atoms with van der Waals surface area (Å²) in [5.41, 5.74) is 3.55. The molecule has 1 aliphatic rings. The van der Waals surface area contributed by atoms with E-state index in [1.54, 1.807) is 12.3 Å². The molecule has 1 aromatic carbocycles. The minimum atomic E-state index is -0.158. The Morgan fingerprint density at radius 3 is 3.10 bits per heavy atom. The van der Waals surface area contributed by atoms with Crippen LogP contribution in [0.2, 0.25) is 0 Å². The standard InChI is InChI=1S/C17H20FNO/c1-12-11-14(18)6-5-13(12)7-9-19-16-3-2-4-17-15(16)8-10-20-17/h5-6,8,10-11,16,19H,2-4,7,9H2,1H3. The Kier molecular flexibility index (Phi) is 3.88. The Hall–Kier alpha value is -1.61. The Morgan fingerprint density at radius 1 is 1.35 bits per heavy atom. The average molecular weight is 273 g/mol. The van der Waals surface area contributed by atoms with Gasteiger partial charge >= 0.3 is 0 Å². The largest absolute Gasteiger partial charge is 0.469 e. The second-order valence-corrected chi connectivity index (χ2v) is 5.52. The van der Waals surface area contributed by atoms with Gasteiger partial charge in [-0.2, -0.15) is 0 Å². The normalized spacial score (nSPS) is 18.0. The Morgan fingerprint density at radius 2 is 2.25 bits per heavy atom. The quantitative estimate of drug-likeness (QED) is 0.913. The predicted octanol–water partition coefficient (Wildman–Crippen LogP) is 3.94. The first-order chi connectivity index (χ1) is 9.74. The lowest BCUT2D eigenvalue weighted by molar-refractivity contribution is 0.413. The lowest BCUT2D eigenvalue weighted by Crippen LogP contribution is -2.26. The first kappa shape index (κ1) is 13.4. The van der Waals surface area contributed by atoms with Gasteiger partial charge in [-0.25, -0.2) is 4.39 Å². The Labute approximate surface area is 119 Å². The van der Waals surface area contributed by atoms with Crippen molar-refractivity contribution in [3.63, 3.8) is 0 Å². The molecule has 1 aromatic heterocycles. The first-order valence-corrected chi connectivity index (χ1v) is 7.29. The maximum absolute atomic E-state index is 13.1. The first-order valence-electron chi connectivity index (χ1n) is 7.29. The highest BCUT2D eigenvalue weighted by molar-refractivity contribution is 5.27. The molecule has 2 nitrogen and oxygen atoms in total. The number of benzene rings is 1. The van der Waals surface area contributed by atoms with Gasteiger partial charge < -0.3 is 9.73 Å². The van der Waals surface area contributed by atoms with Crippen molar-refractivity contribution < 1.29 is 8.81 Å². The summed E-state index contributed by atoms with van der Waals surface area (Å²) in [6.07, 6.45) is 6.10. The monoisotopic (exact) mass is 273 g/mol. The summed E-state index contributed by atoms with van der Waals surface area (Å²) in [5.74, 6) is 0.973. The fraction of sp³-hybridized carbons (Fsp3) is 0.412. The Bertz CT molecular complexity index is 590. The molecule has 0 bridgehead atoms. The fourth-order valence-corrected chi connectivity index (χ4v) is 3.02. The van der Waals surface area contributed by atoms with Crippen LogP contribution in [-0.4, -0.2) is 6.54 Å². The van der Waals surface area contributed by atoms with E-state index in [0.717, 1.165) is 37.1 Å². The smallest absolute Gasteiger partial charge is 0.123 e. The van der Waals surface area contributed by atoms with E-state index in [-0.39, 0.29) is 5.82 Å². The molecule has 2 aromatic rings. The minimum absolute atomic E-state index is 0.158. The van der Waals surface area contributed by atoms with Crippen LogP contribution in [0.3, 0.4) is 0 Å². The van der Waals surface area contributed by atoms with Gasteiger partial charge in [-0.3, -0.25) is 0 Å². The molecule has 0 aliphatic heterocycles. The number of aryl methyl sites for hydroxylation is 2. The predicted molar refractivity (Wildman–Crippen MR) is 77.2 cm³/mol. The number of hydrogen-bond donors (Lipinski definition) is 1. The summed E-state index contributed by atoms with van der Waals surface area (Å²) in [6, 6.07) is 7.51. The average Bonchev–Trinajstić information content (AvgIpc) is 2.90. The molecule has 3 heteroatoms. The van der Waals surface area contributed by atoms with Gasteiger partial charge in [0.25, 0.3) is 0 Å². The molecule has 0 fully saturated rings. The molecule has 0 saturated heterocycles. The van der Waals surface area contributed by atoms with Crippen molar-refractivity contribution in [2.24, 2.45) is 0 Å². The molecule has 1 heterocycles. The van der Waals surface area contributed by atoms with Crippen LogP contribution in [0.5, 0.6) is 0 Å². The second-order valence-electron chi connectivity index (χ2n) is 5.52. The zero-order chi connectivity index (χ0) is 13.9. The van der Waals surface area contributed by atoms with Crippen LogP contribution in [0.15, 0.2) is 34.9 Å². The van der Waals surface area contributed by atoms with Gasteiger partial charge in [-0.15, -0.1) is 0 Å². The van der Waals surface area contributed by atoms with E-state index in [0.29, 0.717) is 6.04 Å². The maximum atomic E-state index is 13.1. The van der Waals surface area contributed by atoms with Gasteiger partial charge in [0, 0.05) is 18.0 Å². The van der Waals surface area contributed by atoms with Gasteiger partial charge in [0.1, 0.15) is 11.6 Å². The highest BCUT2D eigenvalue weighted by atomic mass is 19.1. The van der Waals surface area contributed by atoms with Crippen LogP contribution >= 0.6 is 0 Å². The minimum Gasteiger partial charge on any atom is -0.469 e. The van der Waals surface area contributed by atoms with Crippen LogP contribution in [0, 0.1) is 12.7 Å².